The van der Waals surface area contributed by atoms with Gasteiger partial charge in [0.2, 0.25) is 5.69 Å². The highest BCUT2D eigenvalue weighted by atomic mass is 35.5. The number of carbonyl (C=O) groups is 1. The largest absolute Gasteiger partial charge is 0.320 e. The third kappa shape index (κ3) is 3.54. The quantitative estimate of drug-likeness (QED) is 0.542. The van der Waals surface area contributed by atoms with Crippen LogP contribution in [0, 0.1) is 15.9 Å². The fourth-order valence-electron chi connectivity index (χ4n) is 2.34. The summed E-state index contributed by atoms with van der Waals surface area (Å²) >= 11 is 5.98. The molecule has 2 heterocycles. The van der Waals surface area contributed by atoms with Crippen molar-refractivity contribution in [2.75, 3.05) is 5.32 Å². The van der Waals surface area contributed by atoms with Gasteiger partial charge in [-0.3, -0.25) is 24.3 Å². The van der Waals surface area contributed by atoms with Crippen molar-refractivity contribution >= 4 is 29.0 Å². The number of anilines is 1. The zero-order valence-corrected chi connectivity index (χ0v) is 14.1. The number of aryl methyl sites for hydroxylation is 1. The molecule has 134 valence electrons. The minimum absolute atomic E-state index is 0.189. The fraction of sp³-hybridized carbons (Fsp3) is 0.133. The van der Waals surface area contributed by atoms with Gasteiger partial charge in [0, 0.05) is 24.3 Å². The highest BCUT2D eigenvalue weighted by Crippen LogP contribution is 2.20. The van der Waals surface area contributed by atoms with Gasteiger partial charge in [0.25, 0.3) is 5.91 Å². The smallest absolute Gasteiger partial charge is 0.304 e. The zero-order valence-electron chi connectivity index (χ0n) is 13.4. The van der Waals surface area contributed by atoms with Crippen molar-refractivity contribution in [3.63, 3.8) is 0 Å². The van der Waals surface area contributed by atoms with E-state index < -0.39 is 22.3 Å². The van der Waals surface area contributed by atoms with Crippen LogP contribution in [0.2, 0.25) is 5.02 Å². The Kier molecular flexibility index (Phi) is 4.67. The van der Waals surface area contributed by atoms with Crippen LogP contribution in [-0.4, -0.2) is 30.4 Å². The average Bonchev–Trinajstić information content (AvgIpc) is 3.16. The highest BCUT2D eigenvalue weighted by molar-refractivity contribution is 6.31. The van der Waals surface area contributed by atoms with Crippen LogP contribution in [-0.2, 0) is 13.6 Å². The van der Waals surface area contributed by atoms with Crippen LogP contribution < -0.4 is 5.32 Å². The zero-order chi connectivity index (χ0) is 18.8. The Hall–Kier alpha value is -3.27. The van der Waals surface area contributed by atoms with E-state index in [9.17, 15) is 19.3 Å². The van der Waals surface area contributed by atoms with Crippen LogP contribution >= 0.6 is 11.6 Å². The van der Waals surface area contributed by atoms with E-state index in [4.69, 9.17) is 11.6 Å². The SMILES string of the molecule is Cn1ncc([N+](=O)[O-])c1C(=O)Nc1ccn(Cc2ccc(F)cc2Cl)n1. The summed E-state index contributed by atoms with van der Waals surface area (Å²) in [6.07, 6.45) is 2.59. The monoisotopic (exact) mass is 378 g/mol. The van der Waals surface area contributed by atoms with Gasteiger partial charge >= 0.3 is 5.69 Å². The molecule has 11 heteroatoms. The van der Waals surface area contributed by atoms with Crippen LogP contribution in [0.1, 0.15) is 16.1 Å². The maximum absolute atomic E-state index is 13.1. The summed E-state index contributed by atoms with van der Waals surface area (Å²) in [5, 5.41) is 21.6. The molecule has 0 spiro atoms. The maximum Gasteiger partial charge on any atom is 0.320 e. The molecule has 1 amide bonds. The molecule has 26 heavy (non-hydrogen) atoms. The number of nitro groups is 1. The molecule has 0 radical (unpaired) electrons. The van der Waals surface area contributed by atoms with Gasteiger partial charge in [-0.1, -0.05) is 17.7 Å². The van der Waals surface area contributed by atoms with E-state index in [0.717, 1.165) is 10.9 Å². The summed E-state index contributed by atoms with van der Waals surface area (Å²) < 4.78 is 15.7. The molecule has 0 aliphatic rings. The summed E-state index contributed by atoms with van der Waals surface area (Å²) in [4.78, 5) is 22.6. The molecular formula is C15H12ClFN6O3. The molecule has 0 unspecified atom stereocenters. The Bertz CT molecular complexity index is 999. The second kappa shape index (κ2) is 6.92. The van der Waals surface area contributed by atoms with Gasteiger partial charge in [-0.15, -0.1) is 0 Å². The van der Waals surface area contributed by atoms with E-state index >= 15 is 0 Å². The van der Waals surface area contributed by atoms with Crippen molar-refractivity contribution < 1.29 is 14.1 Å². The predicted octanol–water partition coefficient (Wildman–Crippen LogP) is 2.62. The lowest BCUT2D eigenvalue weighted by molar-refractivity contribution is -0.385. The molecular weight excluding hydrogens is 367 g/mol. The highest BCUT2D eigenvalue weighted by Gasteiger charge is 2.25. The van der Waals surface area contributed by atoms with E-state index in [1.54, 1.807) is 6.20 Å². The summed E-state index contributed by atoms with van der Waals surface area (Å²) in [6.45, 7) is 0.265. The van der Waals surface area contributed by atoms with Crippen molar-refractivity contribution in [2.24, 2.45) is 7.05 Å². The molecule has 0 saturated carbocycles. The molecule has 3 rings (SSSR count). The Morgan fingerprint density at radius 2 is 2.19 bits per heavy atom. The lowest BCUT2D eigenvalue weighted by Gasteiger charge is -2.05. The predicted molar refractivity (Wildman–Crippen MR) is 90.6 cm³/mol. The van der Waals surface area contributed by atoms with E-state index in [0.29, 0.717) is 5.56 Å². The number of halogens is 2. The molecule has 2 aromatic heterocycles. The number of aromatic nitrogens is 4. The molecule has 0 atom stereocenters. The molecule has 3 aromatic rings. The van der Waals surface area contributed by atoms with Crippen LogP contribution in [0.5, 0.6) is 0 Å². The van der Waals surface area contributed by atoms with Crippen LogP contribution in [0.25, 0.3) is 0 Å². The number of hydrogen-bond donors (Lipinski definition) is 1. The van der Waals surface area contributed by atoms with Gasteiger partial charge < -0.3 is 5.32 Å². The van der Waals surface area contributed by atoms with Gasteiger partial charge in [-0.05, 0) is 17.7 Å². The minimum atomic E-state index is -0.707. The number of amides is 1. The first-order valence-electron chi connectivity index (χ1n) is 7.30. The van der Waals surface area contributed by atoms with E-state index in [1.165, 1.54) is 36.0 Å². The van der Waals surface area contributed by atoms with Gasteiger partial charge in [0.1, 0.15) is 12.0 Å². The number of nitrogens with one attached hydrogen (secondary N) is 1. The molecule has 0 aliphatic heterocycles. The van der Waals surface area contributed by atoms with Crippen molar-refractivity contribution in [1.29, 1.82) is 0 Å². The van der Waals surface area contributed by atoms with Gasteiger partial charge in [0.05, 0.1) is 11.5 Å². The van der Waals surface area contributed by atoms with Crippen LogP contribution in [0.3, 0.4) is 0 Å². The molecule has 0 fully saturated rings. The third-order valence-electron chi connectivity index (χ3n) is 3.56. The lowest BCUT2D eigenvalue weighted by atomic mass is 10.2. The molecule has 1 N–H and O–H groups in total. The number of carbonyl (C=O) groups excluding carboxylic acids is 1. The van der Waals surface area contributed by atoms with E-state index in [2.05, 4.69) is 15.5 Å². The normalized spacial score (nSPS) is 10.7. The van der Waals surface area contributed by atoms with Gasteiger partial charge in [0.15, 0.2) is 5.82 Å². The summed E-state index contributed by atoms with van der Waals surface area (Å²) in [5.41, 5.74) is 0.0602. The first-order valence-corrected chi connectivity index (χ1v) is 7.68. The van der Waals surface area contributed by atoms with E-state index in [1.807, 2.05) is 0 Å². The molecule has 9 nitrogen and oxygen atoms in total. The minimum Gasteiger partial charge on any atom is -0.304 e. The Labute approximate surface area is 151 Å². The number of nitrogens with zero attached hydrogens (tertiary/aromatic N) is 5. The fourth-order valence-corrected chi connectivity index (χ4v) is 2.57. The van der Waals surface area contributed by atoms with E-state index in [-0.39, 0.29) is 23.1 Å². The Balaban J connectivity index is 1.75. The molecule has 1 aromatic carbocycles. The third-order valence-corrected chi connectivity index (χ3v) is 3.91. The first-order chi connectivity index (χ1) is 12.3. The van der Waals surface area contributed by atoms with Gasteiger partial charge in [-0.25, -0.2) is 4.39 Å². The van der Waals surface area contributed by atoms with Crippen LogP contribution in [0.4, 0.5) is 15.9 Å². The second-order valence-electron chi connectivity index (χ2n) is 5.35. The van der Waals surface area contributed by atoms with Crippen LogP contribution in [0.15, 0.2) is 36.7 Å². The maximum atomic E-state index is 13.1. The average molecular weight is 379 g/mol. The summed E-state index contributed by atoms with van der Waals surface area (Å²) in [7, 11) is 1.43. The Morgan fingerprint density at radius 3 is 2.88 bits per heavy atom. The second-order valence-corrected chi connectivity index (χ2v) is 5.75. The first kappa shape index (κ1) is 17.5. The summed E-state index contributed by atoms with van der Waals surface area (Å²) in [6, 6.07) is 5.55. The van der Waals surface area contributed by atoms with Crippen molar-refractivity contribution in [3.05, 3.63) is 68.9 Å². The van der Waals surface area contributed by atoms with Crippen molar-refractivity contribution in [1.82, 2.24) is 19.6 Å². The number of rotatable bonds is 5. The standard InChI is InChI=1S/C15H12ClFN6O3/c1-21-14(12(7-18-21)23(25)26)15(24)19-13-4-5-22(20-13)8-9-2-3-10(17)6-11(9)16/h2-7H,8H2,1H3,(H,19,20,24). The summed E-state index contributed by atoms with van der Waals surface area (Å²) in [5.74, 6) is -0.949. The molecule has 0 aliphatic carbocycles. The van der Waals surface area contributed by atoms with Crippen molar-refractivity contribution in [3.8, 4) is 0 Å². The lowest BCUT2D eigenvalue weighted by Crippen LogP contribution is -2.18. The van der Waals surface area contributed by atoms with Crippen molar-refractivity contribution in [2.45, 2.75) is 6.54 Å². The Morgan fingerprint density at radius 1 is 1.42 bits per heavy atom. The topological polar surface area (TPSA) is 108 Å². The molecule has 0 saturated heterocycles. The number of benzene rings is 1. The number of hydrogen-bond acceptors (Lipinski definition) is 5. The molecule has 0 bridgehead atoms. The van der Waals surface area contributed by atoms with Gasteiger partial charge in [-0.2, -0.15) is 10.2 Å².